The molecule has 41 heavy (non-hydrogen) atoms. The van der Waals surface area contributed by atoms with Crippen molar-refractivity contribution in [2.75, 3.05) is 17.2 Å². The summed E-state index contributed by atoms with van der Waals surface area (Å²) in [6.45, 7) is 2.52. The number of tetrazole rings is 1. The fourth-order valence-corrected chi connectivity index (χ4v) is 5.45. The number of benzene rings is 2. The SMILES string of the molecule is Cc1nc(N)ccc1-c1ccc(C[C@H](N)C(=O)N(C(=O)C2CCC(CN)CC2)c2ccc(-c3nn[nH]n3)cc2)cc1. The maximum Gasteiger partial charge on any atom is 0.251 e. The van der Waals surface area contributed by atoms with Crippen LogP contribution in [-0.4, -0.2) is 50.0 Å². The Hall–Kier alpha value is -4.48. The Balaban J connectivity index is 1.36. The number of imide groups is 1. The van der Waals surface area contributed by atoms with Crippen LogP contribution in [0.15, 0.2) is 60.7 Å². The van der Waals surface area contributed by atoms with Gasteiger partial charge in [0.1, 0.15) is 5.82 Å². The van der Waals surface area contributed by atoms with Gasteiger partial charge >= 0.3 is 0 Å². The smallest absolute Gasteiger partial charge is 0.251 e. The number of aromatic nitrogens is 5. The molecule has 0 saturated heterocycles. The largest absolute Gasteiger partial charge is 0.384 e. The van der Waals surface area contributed by atoms with Crippen LogP contribution in [0.5, 0.6) is 0 Å². The first-order chi connectivity index (χ1) is 19.8. The maximum atomic E-state index is 13.8. The molecule has 2 amide bonds. The second-order valence-electron chi connectivity index (χ2n) is 10.6. The number of aromatic amines is 1. The second-order valence-corrected chi connectivity index (χ2v) is 10.6. The zero-order valence-electron chi connectivity index (χ0n) is 23.0. The molecule has 1 saturated carbocycles. The Morgan fingerprint density at radius 2 is 1.66 bits per heavy atom. The molecule has 1 aliphatic carbocycles. The molecule has 11 nitrogen and oxygen atoms in total. The van der Waals surface area contributed by atoms with E-state index in [1.54, 1.807) is 30.3 Å². The van der Waals surface area contributed by atoms with E-state index in [0.717, 1.165) is 35.2 Å². The highest BCUT2D eigenvalue weighted by Crippen LogP contribution is 2.32. The van der Waals surface area contributed by atoms with Gasteiger partial charge in [-0.05, 0) is 104 Å². The molecule has 2 aromatic carbocycles. The number of hydrogen-bond acceptors (Lipinski definition) is 9. The van der Waals surface area contributed by atoms with E-state index in [-0.39, 0.29) is 18.2 Å². The Morgan fingerprint density at radius 3 is 2.27 bits per heavy atom. The minimum Gasteiger partial charge on any atom is -0.384 e. The molecule has 0 bridgehead atoms. The summed E-state index contributed by atoms with van der Waals surface area (Å²) in [6, 6.07) is 17.6. The van der Waals surface area contributed by atoms with Gasteiger partial charge in [-0.2, -0.15) is 5.21 Å². The van der Waals surface area contributed by atoms with Crippen molar-refractivity contribution in [1.82, 2.24) is 25.6 Å². The lowest BCUT2D eigenvalue weighted by Crippen LogP contribution is -2.50. The average molecular weight is 554 g/mol. The lowest BCUT2D eigenvalue weighted by Gasteiger charge is -2.32. The van der Waals surface area contributed by atoms with Crippen molar-refractivity contribution >= 4 is 23.3 Å². The molecule has 11 heteroatoms. The van der Waals surface area contributed by atoms with E-state index in [0.29, 0.717) is 48.2 Å². The number of nitrogens with two attached hydrogens (primary N) is 3. The van der Waals surface area contributed by atoms with Gasteiger partial charge in [0.15, 0.2) is 0 Å². The van der Waals surface area contributed by atoms with Crippen molar-refractivity contribution in [3.05, 3.63) is 71.9 Å². The predicted molar refractivity (Wildman–Crippen MR) is 157 cm³/mol. The summed E-state index contributed by atoms with van der Waals surface area (Å²) in [5.41, 5.74) is 23.0. The number of carbonyl (C=O) groups excluding carboxylic acids is 2. The molecule has 0 aliphatic heterocycles. The number of nitrogens with zero attached hydrogens (tertiary/aromatic N) is 5. The number of aryl methyl sites for hydroxylation is 1. The molecule has 5 rings (SSSR count). The lowest BCUT2D eigenvalue weighted by molar-refractivity contribution is -0.130. The number of amides is 2. The molecule has 0 spiro atoms. The lowest BCUT2D eigenvalue weighted by atomic mass is 9.81. The molecule has 0 unspecified atom stereocenters. The fraction of sp³-hybridized carbons (Fsp3) is 0.333. The first-order valence-electron chi connectivity index (χ1n) is 13.8. The standard InChI is InChI=1S/C30H35N9O2/c1-18-25(14-15-27(33)34-18)21-6-2-19(3-7-21)16-26(32)30(41)39(29(40)23-8-4-20(17-31)5-9-23)24-12-10-22(11-13-24)28-35-37-38-36-28/h2-3,6-7,10-15,20,23,26H,4-5,8-9,16-17,31-32H2,1H3,(H2,33,34)(H,35,36,37,38)/t20?,23?,26-/m0/s1. The number of rotatable bonds is 8. The van der Waals surface area contributed by atoms with Crippen molar-refractivity contribution in [2.24, 2.45) is 23.3 Å². The molecule has 4 aromatic rings. The number of nitrogen functional groups attached to an aromatic ring is 1. The predicted octanol–water partition coefficient (Wildman–Crippen LogP) is 3.01. The van der Waals surface area contributed by atoms with E-state index in [2.05, 4.69) is 25.6 Å². The van der Waals surface area contributed by atoms with Crippen molar-refractivity contribution in [1.29, 1.82) is 0 Å². The number of carbonyl (C=O) groups is 2. The van der Waals surface area contributed by atoms with Crippen LogP contribution in [-0.2, 0) is 16.0 Å². The third-order valence-electron chi connectivity index (χ3n) is 7.84. The molecule has 212 valence electrons. The van der Waals surface area contributed by atoms with E-state index in [4.69, 9.17) is 17.2 Å². The molecule has 1 fully saturated rings. The Bertz CT molecular complexity index is 1480. The Morgan fingerprint density at radius 1 is 0.976 bits per heavy atom. The van der Waals surface area contributed by atoms with Gasteiger partial charge < -0.3 is 17.2 Å². The first-order valence-corrected chi connectivity index (χ1v) is 13.8. The summed E-state index contributed by atoms with van der Waals surface area (Å²) < 4.78 is 0. The molecular formula is C30H35N9O2. The summed E-state index contributed by atoms with van der Waals surface area (Å²) >= 11 is 0. The molecule has 2 heterocycles. The van der Waals surface area contributed by atoms with Gasteiger partial charge in [0.25, 0.3) is 5.91 Å². The Kier molecular flexibility index (Phi) is 8.46. The number of H-pyrrole nitrogens is 1. The van der Waals surface area contributed by atoms with Crippen molar-refractivity contribution in [2.45, 2.75) is 45.1 Å². The number of anilines is 2. The van der Waals surface area contributed by atoms with E-state index in [1.807, 2.05) is 37.3 Å². The normalized spacial score (nSPS) is 17.6. The maximum absolute atomic E-state index is 13.8. The van der Waals surface area contributed by atoms with Crippen molar-refractivity contribution in [3.63, 3.8) is 0 Å². The first kappa shape index (κ1) is 28.1. The number of pyridine rings is 1. The monoisotopic (exact) mass is 553 g/mol. The molecule has 7 N–H and O–H groups in total. The van der Waals surface area contributed by atoms with E-state index >= 15 is 0 Å². The van der Waals surface area contributed by atoms with Crippen LogP contribution in [0, 0.1) is 18.8 Å². The van der Waals surface area contributed by atoms with E-state index < -0.39 is 11.9 Å². The topological polar surface area (TPSA) is 183 Å². The van der Waals surface area contributed by atoms with Gasteiger partial charge in [0, 0.05) is 22.7 Å². The van der Waals surface area contributed by atoms with Gasteiger partial charge in [-0.1, -0.05) is 24.3 Å². The minimum absolute atomic E-state index is 0.227. The van der Waals surface area contributed by atoms with Gasteiger partial charge in [-0.25, -0.2) is 9.88 Å². The van der Waals surface area contributed by atoms with Crippen LogP contribution in [0.2, 0.25) is 0 Å². The van der Waals surface area contributed by atoms with E-state index in [1.165, 1.54) is 4.90 Å². The number of nitrogens with one attached hydrogen (secondary N) is 1. The van der Waals surface area contributed by atoms with Crippen LogP contribution < -0.4 is 22.1 Å². The summed E-state index contributed by atoms with van der Waals surface area (Å²) in [5, 5.41) is 14.0. The van der Waals surface area contributed by atoms with Crippen LogP contribution >= 0.6 is 0 Å². The zero-order valence-corrected chi connectivity index (χ0v) is 23.0. The summed E-state index contributed by atoms with van der Waals surface area (Å²) in [7, 11) is 0. The Labute approximate surface area is 238 Å². The summed E-state index contributed by atoms with van der Waals surface area (Å²) in [5.74, 6) is 0.382. The summed E-state index contributed by atoms with van der Waals surface area (Å²) in [4.78, 5) is 33.3. The van der Waals surface area contributed by atoms with Crippen LogP contribution in [0.4, 0.5) is 11.5 Å². The molecular weight excluding hydrogens is 518 g/mol. The molecule has 1 aliphatic rings. The quantitative estimate of drug-likeness (QED) is 0.255. The van der Waals surface area contributed by atoms with Gasteiger partial charge in [-0.15, -0.1) is 10.2 Å². The molecule has 0 radical (unpaired) electrons. The van der Waals surface area contributed by atoms with Crippen molar-refractivity contribution < 1.29 is 9.59 Å². The highest BCUT2D eigenvalue weighted by molar-refractivity contribution is 6.17. The van der Waals surface area contributed by atoms with Gasteiger partial charge in [0.05, 0.1) is 11.7 Å². The fourth-order valence-electron chi connectivity index (χ4n) is 5.45. The van der Waals surface area contributed by atoms with Crippen LogP contribution in [0.25, 0.3) is 22.5 Å². The third-order valence-corrected chi connectivity index (χ3v) is 7.84. The van der Waals surface area contributed by atoms with Gasteiger partial charge in [-0.3, -0.25) is 9.59 Å². The third kappa shape index (κ3) is 6.31. The summed E-state index contributed by atoms with van der Waals surface area (Å²) in [6.07, 6.45) is 3.41. The average Bonchev–Trinajstić information content (AvgIpc) is 3.53. The molecule has 2 aromatic heterocycles. The van der Waals surface area contributed by atoms with Crippen LogP contribution in [0.1, 0.15) is 36.9 Å². The minimum atomic E-state index is -0.915. The van der Waals surface area contributed by atoms with Crippen molar-refractivity contribution in [3.8, 4) is 22.5 Å². The number of hydrogen-bond donors (Lipinski definition) is 4. The highest BCUT2D eigenvalue weighted by atomic mass is 16.2. The molecule has 1 atom stereocenters. The highest BCUT2D eigenvalue weighted by Gasteiger charge is 2.35. The van der Waals surface area contributed by atoms with E-state index in [9.17, 15) is 9.59 Å². The second kappa shape index (κ2) is 12.4. The van der Waals surface area contributed by atoms with Crippen LogP contribution in [0.3, 0.4) is 0 Å². The zero-order chi connectivity index (χ0) is 28.9. The van der Waals surface area contributed by atoms with Gasteiger partial charge in [0.2, 0.25) is 11.7 Å².